The Balaban J connectivity index is 1.78. The maximum absolute atomic E-state index is 12.6. The zero-order valence-electron chi connectivity index (χ0n) is 16.2. The number of nitrogens with one attached hydrogen (secondary N) is 1. The summed E-state index contributed by atoms with van der Waals surface area (Å²) < 4.78 is 0. The highest BCUT2D eigenvalue weighted by Gasteiger charge is 2.30. The first-order chi connectivity index (χ1) is 13.5. The van der Waals surface area contributed by atoms with E-state index in [2.05, 4.69) is 15.3 Å². The Morgan fingerprint density at radius 2 is 2.00 bits per heavy atom. The molecule has 1 aliphatic rings. The molecule has 0 saturated carbocycles. The molecule has 28 heavy (non-hydrogen) atoms. The topological polar surface area (TPSA) is 75.2 Å². The van der Waals surface area contributed by atoms with Gasteiger partial charge < -0.3 is 10.2 Å². The Morgan fingerprint density at radius 1 is 1.25 bits per heavy atom. The van der Waals surface area contributed by atoms with Gasteiger partial charge in [0.15, 0.2) is 5.82 Å². The molecule has 2 amide bonds. The maximum Gasteiger partial charge on any atom is 0.259 e. The number of halogens is 1. The van der Waals surface area contributed by atoms with E-state index >= 15 is 0 Å². The van der Waals surface area contributed by atoms with Crippen molar-refractivity contribution < 1.29 is 9.59 Å². The molecule has 148 valence electrons. The van der Waals surface area contributed by atoms with Crippen molar-refractivity contribution >= 4 is 29.1 Å². The van der Waals surface area contributed by atoms with Crippen LogP contribution in [0.1, 0.15) is 66.9 Å². The van der Waals surface area contributed by atoms with Crippen LogP contribution in [0.15, 0.2) is 30.5 Å². The fourth-order valence-corrected chi connectivity index (χ4v) is 3.58. The predicted molar refractivity (Wildman–Crippen MR) is 109 cm³/mol. The highest BCUT2D eigenvalue weighted by molar-refractivity contribution is 6.30. The number of amides is 2. The Bertz CT molecular complexity index is 854. The van der Waals surface area contributed by atoms with Crippen LogP contribution in [0.4, 0.5) is 5.69 Å². The van der Waals surface area contributed by atoms with Gasteiger partial charge in [-0.15, -0.1) is 0 Å². The monoisotopic (exact) mass is 400 g/mol. The molecule has 1 aromatic heterocycles. The molecule has 0 unspecified atom stereocenters. The van der Waals surface area contributed by atoms with Gasteiger partial charge in [-0.2, -0.15) is 0 Å². The molecule has 7 heteroatoms. The van der Waals surface area contributed by atoms with Crippen molar-refractivity contribution in [3.8, 4) is 0 Å². The molecule has 2 aromatic rings. The SMILES string of the molecule is CCCC(=O)N1CCCC[C@@H]1c1ncc(C(=O)Nc2ccc(Cl)cc2)c(C)n1. The van der Waals surface area contributed by atoms with Gasteiger partial charge in [-0.3, -0.25) is 9.59 Å². The fourth-order valence-electron chi connectivity index (χ4n) is 3.46. The third kappa shape index (κ3) is 4.68. The highest BCUT2D eigenvalue weighted by atomic mass is 35.5. The summed E-state index contributed by atoms with van der Waals surface area (Å²) >= 11 is 5.87. The van der Waals surface area contributed by atoms with Gasteiger partial charge in [0.2, 0.25) is 5.91 Å². The molecule has 1 atom stereocenters. The number of anilines is 1. The summed E-state index contributed by atoms with van der Waals surface area (Å²) in [4.78, 5) is 36.0. The minimum atomic E-state index is -0.270. The molecule has 6 nitrogen and oxygen atoms in total. The third-order valence-electron chi connectivity index (χ3n) is 4.93. The van der Waals surface area contributed by atoms with Gasteiger partial charge in [0, 0.05) is 29.9 Å². The lowest BCUT2D eigenvalue weighted by Crippen LogP contribution is -2.39. The first kappa shape index (κ1) is 20.3. The summed E-state index contributed by atoms with van der Waals surface area (Å²) in [5, 5.41) is 3.43. The van der Waals surface area contributed by atoms with Gasteiger partial charge in [-0.1, -0.05) is 18.5 Å². The first-order valence-electron chi connectivity index (χ1n) is 9.69. The minimum Gasteiger partial charge on any atom is -0.332 e. The molecule has 1 saturated heterocycles. The number of nitrogens with zero attached hydrogens (tertiary/aromatic N) is 3. The van der Waals surface area contributed by atoms with E-state index in [0.717, 1.165) is 32.2 Å². The van der Waals surface area contributed by atoms with Crippen molar-refractivity contribution in [1.82, 2.24) is 14.9 Å². The Hall–Kier alpha value is -2.47. The van der Waals surface area contributed by atoms with Crippen LogP contribution in [-0.4, -0.2) is 33.2 Å². The standard InChI is InChI=1S/C21H25ClN4O2/c1-3-6-19(27)26-12-5-4-7-18(26)20-23-13-17(14(2)24-20)21(28)25-16-10-8-15(22)9-11-16/h8-11,13,18H,3-7,12H2,1-2H3,(H,25,28)/t18-/m1/s1. The molecule has 0 aliphatic carbocycles. The van der Waals surface area contributed by atoms with E-state index in [9.17, 15) is 9.59 Å². The Kier molecular flexibility index (Phi) is 6.62. The zero-order valence-corrected chi connectivity index (χ0v) is 17.0. The molecular formula is C21H25ClN4O2. The smallest absolute Gasteiger partial charge is 0.259 e. The summed E-state index contributed by atoms with van der Waals surface area (Å²) in [6.45, 7) is 4.54. The van der Waals surface area contributed by atoms with Gasteiger partial charge in [-0.25, -0.2) is 9.97 Å². The van der Waals surface area contributed by atoms with Crippen LogP contribution in [-0.2, 0) is 4.79 Å². The van der Waals surface area contributed by atoms with Crippen LogP contribution in [0.5, 0.6) is 0 Å². The summed E-state index contributed by atoms with van der Waals surface area (Å²) in [5.41, 5.74) is 1.67. The van der Waals surface area contributed by atoms with E-state index < -0.39 is 0 Å². The van der Waals surface area contributed by atoms with Crippen LogP contribution in [0.3, 0.4) is 0 Å². The molecule has 1 aliphatic heterocycles. The molecule has 0 spiro atoms. The largest absolute Gasteiger partial charge is 0.332 e. The normalized spacial score (nSPS) is 16.7. The summed E-state index contributed by atoms with van der Waals surface area (Å²) in [5.74, 6) is 0.497. The van der Waals surface area contributed by atoms with Crippen LogP contribution in [0.2, 0.25) is 5.02 Å². The number of carbonyl (C=O) groups is 2. The number of aryl methyl sites for hydroxylation is 1. The van der Waals surface area contributed by atoms with Gasteiger partial charge in [0.25, 0.3) is 5.91 Å². The van der Waals surface area contributed by atoms with E-state index in [0.29, 0.717) is 34.2 Å². The average molecular weight is 401 g/mol. The van der Waals surface area contributed by atoms with Gasteiger partial charge in [-0.05, 0) is 56.9 Å². The minimum absolute atomic E-state index is 0.111. The first-order valence-corrected chi connectivity index (χ1v) is 10.1. The zero-order chi connectivity index (χ0) is 20.1. The molecule has 3 rings (SSSR count). The molecule has 1 fully saturated rings. The molecular weight excluding hydrogens is 376 g/mol. The molecule has 0 bridgehead atoms. The molecule has 0 radical (unpaired) electrons. The van der Waals surface area contributed by atoms with Gasteiger partial charge in [0.1, 0.15) is 0 Å². The Morgan fingerprint density at radius 3 is 2.68 bits per heavy atom. The van der Waals surface area contributed by atoms with Crippen molar-refractivity contribution in [2.24, 2.45) is 0 Å². The number of aromatic nitrogens is 2. The fraction of sp³-hybridized carbons (Fsp3) is 0.429. The third-order valence-corrected chi connectivity index (χ3v) is 5.18. The number of benzene rings is 1. The highest BCUT2D eigenvalue weighted by Crippen LogP contribution is 2.30. The number of likely N-dealkylation sites (tertiary alicyclic amines) is 1. The van der Waals surface area contributed by atoms with Crippen molar-refractivity contribution in [2.75, 3.05) is 11.9 Å². The van der Waals surface area contributed by atoms with Crippen molar-refractivity contribution in [1.29, 1.82) is 0 Å². The van der Waals surface area contributed by atoms with Crippen molar-refractivity contribution in [2.45, 2.75) is 52.0 Å². The second kappa shape index (κ2) is 9.15. The lowest BCUT2D eigenvalue weighted by molar-refractivity contribution is -0.135. The summed E-state index contributed by atoms with van der Waals surface area (Å²) in [6.07, 6.45) is 5.82. The summed E-state index contributed by atoms with van der Waals surface area (Å²) in [6, 6.07) is 6.80. The van der Waals surface area contributed by atoms with Crippen LogP contribution in [0, 0.1) is 6.92 Å². The van der Waals surface area contributed by atoms with Crippen LogP contribution < -0.4 is 5.32 Å². The number of rotatable bonds is 5. The summed E-state index contributed by atoms with van der Waals surface area (Å²) in [7, 11) is 0. The predicted octanol–water partition coefficient (Wildman–Crippen LogP) is 4.54. The van der Waals surface area contributed by atoms with Crippen molar-refractivity contribution in [3.05, 3.63) is 52.6 Å². The molecule has 1 aromatic carbocycles. The number of piperidine rings is 1. The van der Waals surface area contributed by atoms with Gasteiger partial charge in [0.05, 0.1) is 17.3 Å². The lowest BCUT2D eigenvalue weighted by atomic mass is 10.0. The second-order valence-electron chi connectivity index (χ2n) is 7.04. The quantitative estimate of drug-likeness (QED) is 0.799. The van der Waals surface area contributed by atoms with E-state index in [1.54, 1.807) is 37.4 Å². The average Bonchev–Trinajstić information content (AvgIpc) is 2.69. The maximum atomic E-state index is 12.6. The lowest BCUT2D eigenvalue weighted by Gasteiger charge is -2.35. The molecule has 1 N–H and O–H groups in total. The van der Waals surface area contributed by atoms with E-state index in [4.69, 9.17) is 11.6 Å². The van der Waals surface area contributed by atoms with Crippen molar-refractivity contribution in [3.63, 3.8) is 0 Å². The Labute approximate surface area is 170 Å². The molecule has 2 heterocycles. The van der Waals surface area contributed by atoms with E-state index in [1.165, 1.54) is 0 Å². The van der Waals surface area contributed by atoms with E-state index in [1.807, 2.05) is 11.8 Å². The van der Waals surface area contributed by atoms with Crippen LogP contribution in [0.25, 0.3) is 0 Å². The van der Waals surface area contributed by atoms with Crippen LogP contribution >= 0.6 is 11.6 Å². The number of hydrogen-bond acceptors (Lipinski definition) is 4. The van der Waals surface area contributed by atoms with E-state index in [-0.39, 0.29) is 17.9 Å². The number of hydrogen-bond donors (Lipinski definition) is 1. The second-order valence-corrected chi connectivity index (χ2v) is 7.47. The number of carbonyl (C=O) groups excluding carboxylic acids is 2. The van der Waals surface area contributed by atoms with Gasteiger partial charge >= 0.3 is 0 Å².